The minimum absolute atomic E-state index is 0.114. The topological polar surface area (TPSA) is 102 Å². The molecule has 32 heavy (non-hydrogen) atoms. The molecule has 0 saturated carbocycles. The summed E-state index contributed by atoms with van der Waals surface area (Å²) in [6.45, 7) is 3.53. The number of aryl methyl sites for hydroxylation is 1. The molecule has 2 N–H and O–H groups in total. The van der Waals surface area contributed by atoms with E-state index in [-0.39, 0.29) is 27.8 Å². The number of rotatable bonds is 7. The molecule has 0 heterocycles. The minimum atomic E-state index is -4.07. The first-order valence-corrected chi connectivity index (χ1v) is 11.4. The lowest BCUT2D eigenvalue weighted by molar-refractivity contribution is 0.0599. The number of ether oxygens (including phenoxy) is 1. The lowest BCUT2D eigenvalue weighted by atomic mass is 10.1. The fourth-order valence-corrected chi connectivity index (χ4v) is 4.28. The largest absolute Gasteiger partial charge is 0.465 e. The van der Waals surface area contributed by atoms with Crippen LogP contribution in [0.5, 0.6) is 0 Å². The highest BCUT2D eigenvalue weighted by atomic mass is 32.2. The fraction of sp³-hybridized carbons (Fsp3) is 0.167. The summed E-state index contributed by atoms with van der Waals surface area (Å²) in [5.74, 6) is -1.05. The van der Waals surface area contributed by atoms with E-state index in [0.717, 1.165) is 5.56 Å². The van der Waals surface area contributed by atoms with Crippen LogP contribution in [0.4, 0.5) is 5.69 Å². The highest BCUT2D eigenvalue weighted by molar-refractivity contribution is 7.92. The van der Waals surface area contributed by atoms with Crippen LogP contribution in [-0.2, 0) is 14.8 Å². The van der Waals surface area contributed by atoms with E-state index in [1.807, 2.05) is 37.3 Å². The molecule has 0 unspecified atom stereocenters. The number of sulfonamides is 1. The third-order valence-corrected chi connectivity index (χ3v) is 6.35. The summed E-state index contributed by atoms with van der Waals surface area (Å²) in [4.78, 5) is 24.7. The summed E-state index contributed by atoms with van der Waals surface area (Å²) in [6, 6.07) is 19.7. The number of anilines is 1. The maximum absolute atomic E-state index is 13.0. The Balaban J connectivity index is 1.87. The predicted molar refractivity (Wildman–Crippen MR) is 122 cm³/mol. The number of nitrogens with one attached hydrogen (secondary N) is 2. The van der Waals surface area contributed by atoms with Gasteiger partial charge in [-0.2, -0.15) is 0 Å². The van der Waals surface area contributed by atoms with Crippen molar-refractivity contribution in [3.63, 3.8) is 0 Å². The van der Waals surface area contributed by atoms with Crippen molar-refractivity contribution in [2.45, 2.75) is 24.8 Å². The lowest BCUT2D eigenvalue weighted by Gasteiger charge is -2.17. The van der Waals surface area contributed by atoms with Gasteiger partial charge >= 0.3 is 5.97 Å². The van der Waals surface area contributed by atoms with Gasteiger partial charge in [0.05, 0.1) is 34.9 Å². The monoisotopic (exact) mass is 452 g/mol. The van der Waals surface area contributed by atoms with Crippen LogP contribution in [0.1, 0.15) is 44.8 Å². The Labute approximate surface area is 187 Å². The van der Waals surface area contributed by atoms with Crippen molar-refractivity contribution in [2.24, 2.45) is 0 Å². The molecule has 0 aliphatic heterocycles. The minimum Gasteiger partial charge on any atom is -0.465 e. The molecule has 0 aliphatic rings. The maximum Gasteiger partial charge on any atom is 0.338 e. The Morgan fingerprint density at radius 2 is 1.56 bits per heavy atom. The number of esters is 1. The van der Waals surface area contributed by atoms with Crippen LogP contribution >= 0.6 is 0 Å². The summed E-state index contributed by atoms with van der Waals surface area (Å²) in [7, 11) is -2.84. The summed E-state index contributed by atoms with van der Waals surface area (Å²) >= 11 is 0. The molecule has 0 aliphatic carbocycles. The number of carbonyl (C=O) groups is 2. The second kappa shape index (κ2) is 9.65. The normalized spacial score (nSPS) is 12.0. The molecule has 1 amide bonds. The van der Waals surface area contributed by atoms with E-state index >= 15 is 0 Å². The second-order valence-electron chi connectivity index (χ2n) is 7.23. The van der Waals surface area contributed by atoms with Gasteiger partial charge in [0.25, 0.3) is 15.9 Å². The van der Waals surface area contributed by atoms with Crippen molar-refractivity contribution >= 4 is 27.6 Å². The van der Waals surface area contributed by atoms with Crippen molar-refractivity contribution in [3.05, 3.63) is 95.1 Å². The van der Waals surface area contributed by atoms with Gasteiger partial charge in [0.1, 0.15) is 0 Å². The first-order chi connectivity index (χ1) is 15.2. The number of amides is 1. The lowest BCUT2D eigenvalue weighted by Crippen LogP contribution is -2.28. The molecule has 3 aromatic rings. The molecule has 0 radical (unpaired) electrons. The summed E-state index contributed by atoms with van der Waals surface area (Å²) in [5.41, 5.74) is 1.97. The number of carbonyl (C=O) groups excluding carboxylic acids is 2. The zero-order valence-electron chi connectivity index (χ0n) is 18.0. The average molecular weight is 453 g/mol. The van der Waals surface area contributed by atoms with Crippen molar-refractivity contribution in [1.82, 2.24) is 5.32 Å². The van der Waals surface area contributed by atoms with Gasteiger partial charge in [0.15, 0.2) is 0 Å². The van der Waals surface area contributed by atoms with Crippen LogP contribution in [0, 0.1) is 6.92 Å². The van der Waals surface area contributed by atoms with Crippen molar-refractivity contribution < 1.29 is 22.7 Å². The molecule has 3 aromatic carbocycles. The standard InChI is InChI=1S/C24H24N2O5S/c1-16-13-14-19(15-21(16)24(28)31-3)32(29,30)26-22-12-8-7-11-20(22)23(27)25-17(2)18-9-5-4-6-10-18/h4-15,17,26H,1-3H3,(H,25,27)/t17-/m0/s1. The van der Waals surface area contributed by atoms with Gasteiger partial charge in [0.2, 0.25) is 0 Å². The van der Waals surface area contributed by atoms with E-state index in [0.29, 0.717) is 5.56 Å². The third-order valence-electron chi connectivity index (χ3n) is 4.99. The van der Waals surface area contributed by atoms with E-state index in [9.17, 15) is 18.0 Å². The zero-order valence-corrected chi connectivity index (χ0v) is 18.8. The SMILES string of the molecule is COC(=O)c1cc(S(=O)(=O)Nc2ccccc2C(=O)N[C@@H](C)c2ccccc2)ccc1C. The second-order valence-corrected chi connectivity index (χ2v) is 8.91. The molecule has 0 spiro atoms. The summed E-state index contributed by atoms with van der Waals surface area (Å²) < 4.78 is 33.2. The number of methoxy groups -OCH3 is 1. The van der Waals surface area contributed by atoms with E-state index in [2.05, 4.69) is 10.0 Å². The molecular weight excluding hydrogens is 428 g/mol. The summed E-state index contributed by atoms with van der Waals surface area (Å²) in [5, 5.41) is 2.88. The first-order valence-electron chi connectivity index (χ1n) is 9.89. The number of para-hydroxylation sites is 1. The molecule has 0 fully saturated rings. The van der Waals surface area contributed by atoms with Gasteiger partial charge in [-0.3, -0.25) is 9.52 Å². The molecule has 0 aromatic heterocycles. The third kappa shape index (κ3) is 5.15. The Hall–Kier alpha value is -3.65. The Bertz CT molecular complexity index is 1240. The van der Waals surface area contributed by atoms with E-state index in [1.165, 1.54) is 31.4 Å². The Morgan fingerprint density at radius 3 is 2.25 bits per heavy atom. The van der Waals surface area contributed by atoms with Gasteiger partial charge < -0.3 is 10.1 Å². The quantitative estimate of drug-likeness (QED) is 0.526. The van der Waals surface area contributed by atoms with E-state index in [1.54, 1.807) is 25.1 Å². The van der Waals surface area contributed by atoms with Crippen molar-refractivity contribution in [1.29, 1.82) is 0 Å². The maximum atomic E-state index is 13.0. The van der Waals surface area contributed by atoms with Gasteiger partial charge in [0, 0.05) is 0 Å². The van der Waals surface area contributed by atoms with Gasteiger partial charge in [-0.05, 0) is 49.2 Å². The number of hydrogen-bond donors (Lipinski definition) is 2. The van der Waals surface area contributed by atoms with Crippen LogP contribution < -0.4 is 10.0 Å². The van der Waals surface area contributed by atoms with Gasteiger partial charge in [-0.25, -0.2) is 13.2 Å². The van der Waals surface area contributed by atoms with E-state index in [4.69, 9.17) is 4.74 Å². The van der Waals surface area contributed by atoms with Crippen LogP contribution in [0.2, 0.25) is 0 Å². The molecule has 166 valence electrons. The van der Waals surface area contributed by atoms with Crippen LogP contribution in [0.3, 0.4) is 0 Å². The Kier molecular flexibility index (Phi) is 6.95. The van der Waals surface area contributed by atoms with Crippen LogP contribution in [0.25, 0.3) is 0 Å². The molecule has 7 nitrogen and oxygen atoms in total. The van der Waals surface area contributed by atoms with Crippen molar-refractivity contribution in [3.8, 4) is 0 Å². The predicted octanol–water partition coefficient (Wildman–Crippen LogP) is 4.07. The first kappa shape index (κ1) is 23.0. The number of hydrogen-bond acceptors (Lipinski definition) is 5. The molecule has 1 atom stereocenters. The Morgan fingerprint density at radius 1 is 0.906 bits per heavy atom. The smallest absolute Gasteiger partial charge is 0.338 e. The fourth-order valence-electron chi connectivity index (χ4n) is 3.17. The van der Waals surface area contributed by atoms with Crippen molar-refractivity contribution in [2.75, 3.05) is 11.8 Å². The zero-order chi connectivity index (χ0) is 23.3. The average Bonchev–Trinajstić information content (AvgIpc) is 2.79. The van der Waals surface area contributed by atoms with E-state index < -0.39 is 21.9 Å². The molecule has 8 heteroatoms. The molecular formula is C24H24N2O5S. The highest BCUT2D eigenvalue weighted by Gasteiger charge is 2.22. The van der Waals surface area contributed by atoms with Crippen LogP contribution in [0.15, 0.2) is 77.7 Å². The van der Waals surface area contributed by atoms with Gasteiger partial charge in [-0.1, -0.05) is 48.5 Å². The number of benzene rings is 3. The van der Waals surface area contributed by atoms with Gasteiger partial charge in [-0.15, -0.1) is 0 Å². The summed E-state index contributed by atoms with van der Waals surface area (Å²) in [6.07, 6.45) is 0. The highest BCUT2D eigenvalue weighted by Crippen LogP contribution is 2.23. The molecule has 0 bridgehead atoms. The molecule has 3 rings (SSSR count). The van der Waals surface area contributed by atoms with Crippen LogP contribution in [-0.4, -0.2) is 27.4 Å². The molecule has 0 saturated heterocycles.